The molecule has 0 fully saturated rings. The molecule has 130 valence electrons. The first-order chi connectivity index (χ1) is 10.7. The van der Waals surface area contributed by atoms with Gasteiger partial charge < -0.3 is 9.84 Å². The molecule has 0 aliphatic rings. The summed E-state index contributed by atoms with van der Waals surface area (Å²) < 4.78 is 5.19. The number of aliphatic carboxylic acids is 1. The molecule has 1 N–H and O–H groups in total. The maximum absolute atomic E-state index is 11.5. The van der Waals surface area contributed by atoms with Crippen LogP contribution < -0.4 is 0 Å². The molecule has 22 heavy (non-hydrogen) atoms. The van der Waals surface area contributed by atoms with Gasteiger partial charge in [0.15, 0.2) is 0 Å². The fourth-order valence-electron chi connectivity index (χ4n) is 2.39. The maximum atomic E-state index is 11.5. The Morgan fingerprint density at radius 3 is 1.77 bits per heavy atom. The van der Waals surface area contributed by atoms with Gasteiger partial charge in [0.1, 0.15) is 0 Å². The van der Waals surface area contributed by atoms with E-state index >= 15 is 0 Å². The number of hydrogen-bond donors (Lipinski definition) is 1. The fourth-order valence-corrected chi connectivity index (χ4v) is 2.39. The van der Waals surface area contributed by atoms with E-state index in [1.165, 1.54) is 25.7 Å². The number of hydrogen-bond acceptors (Lipinski definition) is 3. The van der Waals surface area contributed by atoms with Crippen molar-refractivity contribution < 1.29 is 19.4 Å². The SMILES string of the molecule is CCCCCCOC(=O)CCCCCCCCCCC(=O)O. The van der Waals surface area contributed by atoms with E-state index in [4.69, 9.17) is 9.84 Å². The molecular formula is C18H34O4. The maximum Gasteiger partial charge on any atom is 0.305 e. The van der Waals surface area contributed by atoms with Gasteiger partial charge in [0.25, 0.3) is 0 Å². The molecule has 0 rings (SSSR count). The van der Waals surface area contributed by atoms with Gasteiger partial charge in [-0.1, -0.05) is 64.7 Å². The molecular weight excluding hydrogens is 280 g/mol. The first-order valence-corrected chi connectivity index (χ1v) is 9.04. The zero-order valence-electron chi connectivity index (χ0n) is 14.3. The van der Waals surface area contributed by atoms with Gasteiger partial charge in [-0.2, -0.15) is 0 Å². The van der Waals surface area contributed by atoms with Crippen molar-refractivity contribution in [2.24, 2.45) is 0 Å². The van der Waals surface area contributed by atoms with E-state index in [1.54, 1.807) is 0 Å². The Morgan fingerprint density at radius 1 is 0.727 bits per heavy atom. The molecule has 0 spiro atoms. The number of carbonyl (C=O) groups excluding carboxylic acids is 1. The summed E-state index contributed by atoms with van der Waals surface area (Å²) in [6, 6.07) is 0. The number of carboxylic acid groups (broad SMARTS) is 1. The minimum absolute atomic E-state index is 0.0508. The van der Waals surface area contributed by atoms with Crippen LogP contribution in [-0.4, -0.2) is 23.7 Å². The summed E-state index contributed by atoms with van der Waals surface area (Å²) >= 11 is 0. The largest absolute Gasteiger partial charge is 0.481 e. The topological polar surface area (TPSA) is 63.6 Å². The van der Waals surface area contributed by atoms with Crippen LogP contribution in [0.5, 0.6) is 0 Å². The second-order valence-electron chi connectivity index (χ2n) is 6.00. The Balaban J connectivity index is 3.15. The predicted octanol–water partition coefficient (Wildman–Crippen LogP) is 5.10. The van der Waals surface area contributed by atoms with E-state index in [2.05, 4.69) is 6.92 Å². The fraction of sp³-hybridized carbons (Fsp3) is 0.889. The van der Waals surface area contributed by atoms with Crippen LogP contribution in [0.25, 0.3) is 0 Å². The molecule has 0 aliphatic carbocycles. The molecule has 4 heteroatoms. The molecule has 0 radical (unpaired) electrons. The average Bonchev–Trinajstić information content (AvgIpc) is 2.48. The molecule has 0 aliphatic heterocycles. The lowest BCUT2D eigenvalue weighted by atomic mass is 10.1. The van der Waals surface area contributed by atoms with Crippen molar-refractivity contribution >= 4 is 11.9 Å². The first-order valence-electron chi connectivity index (χ1n) is 9.04. The lowest BCUT2D eigenvalue weighted by molar-refractivity contribution is -0.144. The van der Waals surface area contributed by atoms with Crippen molar-refractivity contribution in [3.05, 3.63) is 0 Å². The minimum atomic E-state index is -0.697. The number of ether oxygens (including phenoxy) is 1. The summed E-state index contributed by atoms with van der Waals surface area (Å²) in [5.74, 6) is -0.748. The highest BCUT2D eigenvalue weighted by atomic mass is 16.5. The second-order valence-corrected chi connectivity index (χ2v) is 6.00. The highest BCUT2D eigenvalue weighted by molar-refractivity contribution is 5.69. The third-order valence-electron chi connectivity index (χ3n) is 3.78. The predicted molar refractivity (Wildman–Crippen MR) is 88.9 cm³/mol. The van der Waals surface area contributed by atoms with E-state index in [0.29, 0.717) is 19.4 Å². The van der Waals surface area contributed by atoms with E-state index in [0.717, 1.165) is 51.4 Å². The molecule has 0 heterocycles. The van der Waals surface area contributed by atoms with Gasteiger partial charge in [-0.05, 0) is 19.3 Å². The van der Waals surface area contributed by atoms with E-state index < -0.39 is 5.97 Å². The van der Waals surface area contributed by atoms with Crippen LogP contribution in [0.4, 0.5) is 0 Å². The third kappa shape index (κ3) is 17.0. The van der Waals surface area contributed by atoms with Crippen LogP contribution in [0.15, 0.2) is 0 Å². The smallest absolute Gasteiger partial charge is 0.305 e. The summed E-state index contributed by atoms with van der Waals surface area (Å²) in [5.41, 5.74) is 0. The molecule has 0 bridgehead atoms. The van der Waals surface area contributed by atoms with E-state index in [1.807, 2.05) is 0 Å². The van der Waals surface area contributed by atoms with Crippen molar-refractivity contribution in [3.63, 3.8) is 0 Å². The van der Waals surface area contributed by atoms with Crippen molar-refractivity contribution in [2.75, 3.05) is 6.61 Å². The van der Waals surface area contributed by atoms with Gasteiger partial charge >= 0.3 is 11.9 Å². The number of unbranched alkanes of at least 4 members (excludes halogenated alkanes) is 10. The van der Waals surface area contributed by atoms with E-state index in [9.17, 15) is 9.59 Å². The summed E-state index contributed by atoms with van der Waals surface area (Å²) in [6.45, 7) is 2.75. The van der Waals surface area contributed by atoms with Crippen molar-refractivity contribution in [2.45, 2.75) is 96.8 Å². The quantitative estimate of drug-likeness (QED) is 0.318. The molecule has 0 saturated carbocycles. The molecule has 0 atom stereocenters. The Hall–Kier alpha value is -1.06. The Morgan fingerprint density at radius 2 is 1.23 bits per heavy atom. The minimum Gasteiger partial charge on any atom is -0.481 e. The molecule has 0 unspecified atom stereocenters. The summed E-state index contributed by atoms with van der Waals surface area (Å²) in [5, 5.41) is 8.51. The number of esters is 1. The number of carboxylic acids is 1. The lowest BCUT2D eigenvalue weighted by Crippen LogP contribution is -2.05. The first kappa shape index (κ1) is 20.9. The van der Waals surface area contributed by atoms with Crippen molar-refractivity contribution in [1.82, 2.24) is 0 Å². The zero-order chi connectivity index (χ0) is 16.5. The zero-order valence-corrected chi connectivity index (χ0v) is 14.3. The Bertz CT molecular complexity index is 276. The molecule has 4 nitrogen and oxygen atoms in total. The van der Waals surface area contributed by atoms with Crippen LogP contribution in [-0.2, 0) is 14.3 Å². The van der Waals surface area contributed by atoms with Gasteiger partial charge in [0, 0.05) is 12.8 Å². The Labute approximate surface area is 135 Å². The normalized spacial score (nSPS) is 10.6. The highest BCUT2D eigenvalue weighted by Crippen LogP contribution is 2.11. The average molecular weight is 314 g/mol. The Kier molecular flexibility index (Phi) is 15.5. The second kappa shape index (κ2) is 16.3. The molecule has 0 aromatic heterocycles. The van der Waals surface area contributed by atoms with Crippen LogP contribution in [0.3, 0.4) is 0 Å². The highest BCUT2D eigenvalue weighted by Gasteiger charge is 2.02. The van der Waals surface area contributed by atoms with Gasteiger partial charge in [0.2, 0.25) is 0 Å². The van der Waals surface area contributed by atoms with Gasteiger partial charge in [0.05, 0.1) is 6.61 Å². The molecule has 0 aromatic carbocycles. The van der Waals surface area contributed by atoms with Crippen molar-refractivity contribution in [3.8, 4) is 0 Å². The van der Waals surface area contributed by atoms with Crippen LogP contribution in [0, 0.1) is 0 Å². The standard InChI is InChI=1S/C18H34O4/c1-2-3-4-13-16-22-18(21)15-12-10-8-6-5-7-9-11-14-17(19)20/h2-16H2,1H3,(H,19,20). The molecule has 0 amide bonds. The molecule has 0 aromatic rings. The monoisotopic (exact) mass is 314 g/mol. The number of rotatable bonds is 16. The van der Waals surface area contributed by atoms with Gasteiger partial charge in [-0.3, -0.25) is 9.59 Å². The third-order valence-corrected chi connectivity index (χ3v) is 3.78. The van der Waals surface area contributed by atoms with Crippen LogP contribution in [0.1, 0.15) is 96.8 Å². The van der Waals surface area contributed by atoms with Crippen LogP contribution >= 0.6 is 0 Å². The van der Waals surface area contributed by atoms with Gasteiger partial charge in [-0.15, -0.1) is 0 Å². The van der Waals surface area contributed by atoms with Gasteiger partial charge in [-0.25, -0.2) is 0 Å². The van der Waals surface area contributed by atoms with E-state index in [-0.39, 0.29) is 5.97 Å². The summed E-state index contributed by atoms with van der Waals surface area (Å²) in [6.07, 6.45) is 13.8. The van der Waals surface area contributed by atoms with Crippen molar-refractivity contribution in [1.29, 1.82) is 0 Å². The summed E-state index contributed by atoms with van der Waals surface area (Å²) in [4.78, 5) is 21.8. The van der Waals surface area contributed by atoms with Crippen LogP contribution in [0.2, 0.25) is 0 Å². The molecule has 0 saturated heterocycles. The summed E-state index contributed by atoms with van der Waals surface area (Å²) in [7, 11) is 0. The lowest BCUT2D eigenvalue weighted by Gasteiger charge is -2.05. The number of carbonyl (C=O) groups is 2.